The molecule has 0 spiro atoms. The molecule has 0 atom stereocenters. The Labute approximate surface area is 182 Å². The van der Waals surface area contributed by atoms with Crippen LogP contribution in [0.2, 0.25) is 0 Å². The maximum absolute atomic E-state index is 12.2. The first-order valence-corrected chi connectivity index (χ1v) is 9.99. The first kappa shape index (κ1) is 23.7. The van der Waals surface area contributed by atoms with Crippen molar-refractivity contribution < 1.29 is 19.1 Å². The monoisotopic (exact) mass is 423 g/mol. The van der Waals surface area contributed by atoms with Crippen LogP contribution in [0.5, 0.6) is 0 Å². The van der Waals surface area contributed by atoms with Gasteiger partial charge in [0.25, 0.3) is 0 Å². The summed E-state index contributed by atoms with van der Waals surface area (Å²) in [6, 6.07) is 15.0. The molecule has 7 nitrogen and oxygen atoms in total. The van der Waals surface area contributed by atoms with Crippen molar-refractivity contribution in [2.24, 2.45) is 0 Å². The maximum Gasteiger partial charge on any atom is 0.408 e. The Morgan fingerprint density at radius 3 is 2.39 bits per heavy atom. The summed E-state index contributed by atoms with van der Waals surface area (Å²) >= 11 is 0. The van der Waals surface area contributed by atoms with Gasteiger partial charge >= 0.3 is 6.09 Å². The maximum atomic E-state index is 12.2. The van der Waals surface area contributed by atoms with Crippen LogP contribution in [0.1, 0.15) is 37.5 Å². The van der Waals surface area contributed by atoms with Crippen molar-refractivity contribution in [3.63, 3.8) is 0 Å². The minimum atomic E-state index is -0.647. The molecule has 31 heavy (non-hydrogen) atoms. The van der Waals surface area contributed by atoms with Crippen LogP contribution in [0.3, 0.4) is 0 Å². The summed E-state index contributed by atoms with van der Waals surface area (Å²) in [6.45, 7) is 7.32. The van der Waals surface area contributed by atoms with Gasteiger partial charge in [0.2, 0.25) is 11.8 Å². The van der Waals surface area contributed by atoms with Crippen molar-refractivity contribution in [1.29, 1.82) is 0 Å². The molecule has 0 aliphatic carbocycles. The van der Waals surface area contributed by atoms with Crippen molar-refractivity contribution in [1.82, 2.24) is 10.6 Å². The van der Waals surface area contributed by atoms with E-state index in [2.05, 4.69) is 16.0 Å². The van der Waals surface area contributed by atoms with Gasteiger partial charge in [0, 0.05) is 18.3 Å². The van der Waals surface area contributed by atoms with Gasteiger partial charge in [0.15, 0.2) is 0 Å². The summed E-state index contributed by atoms with van der Waals surface area (Å²) in [6.07, 6.45) is 2.57. The van der Waals surface area contributed by atoms with Crippen LogP contribution in [0, 0.1) is 6.92 Å². The lowest BCUT2D eigenvalue weighted by Gasteiger charge is -2.19. The molecule has 0 heterocycles. The Morgan fingerprint density at radius 1 is 1.00 bits per heavy atom. The molecule has 0 aliphatic heterocycles. The van der Waals surface area contributed by atoms with E-state index in [1.54, 1.807) is 45.0 Å². The number of amides is 3. The lowest BCUT2D eigenvalue weighted by Crippen LogP contribution is -2.39. The van der Waals surface area contributed by atoms with Gasteiger partial charge in [-0.3, -0.25) is 9.59 Å². The van der Waals surface area contributed by atoms with Crippen LogP contribution in [0.4, 0.5) is 10.5 Å². The molecule has 3 N–H and O–H groups in total. The van der Waals surface area contributed by atoms with E-state index in [0.29, 0.717) is 5.69 Å². The second-order valence-electron chi connectivity index (χ2n) is 8.07. The zero-order valence-corrected chi connectivity index (χ0v) is 18.3. The van der Waals surface area contributed by atoms with Gasteiger partial charge in [0.1, 0.15) is 12.1 Å². The number of nitrogens with one attached hydrogen (secondary N) is 3. The largest absolute Gasteiger partial charge is 0.444 e. The van der Waals surface area contributed by atoms with Crippen LogP contribution in [-0.2, 0) is 20.9 Å². The van der Waals surface area contributed by atoms with Crippen molar-refractivity contribution in [3.05, 3.63) is 71.3 Å². The molecular formula is C24H29N3O4. The zero-order chi connectivity index (χ0) is 22.9. The Kier molecular flexibility index (Phi) is 8.37. The van der Waals surface area contributed by atoms with E-state index in [0.717, 1.165) is 16.7 Å². The zero-order valence-electron chi connectivity index (χ0n) is 18.3. The minimum Gasteiger partial charge on any atom is -0.444 e. The topological polar surface area (TPSA) is 96.5 Å². The molecule has 0 radical (unpaired) electrons. The highest BCUT2D eigenvalue weighted by atomic mass is 16.6. The Balaban J connectivity index is 1.80. The van der Waals surface area contributed by atoms with Gasteiger partial charge < -0.3 is 20.7 Å². The van der Waals surface area contributed by atoms with E-state index >= 15 is 0 Å². The highest BCUT2D eigenvalue weighted by Gasteiger charge is 2.16. The molecule has 0 saturated heterocycles. The third kappa shape index (κ3) is 9.62. The average molecular weight is 424 g/mol. The van der Waals surface area contributed by atoms with Gasteiger partial charge in [0.05, 0.1) is 0 Å². The van der Waals surface area contributed by atoms with Crippen LogP contribution in [-0.4, -0.2) is 30.1 Å². The number of alkyl carbamates (subject to hydrolysis) is 1. The highest BCUT2D eigenvalue weighted by molar-refractivity contribution is 6.01. The Hall–Kier alpha value is -3.61. The molecule has 0 fully saturated rings. The van der Waals surface area contributed by atoms with Crippen molar-refractivity contribution >= 4 is 29.7 Å². The van der Waals surface area contributed by atoms with Crippen molar-refractivity contribution in [2.75, 3.05) is 11.9 Å². The molecule has 7 heteroatoms. The fraction of sp³-hybridized carbons (Fsp3) is 0.292. The fourth-order valence-electron chi connectivity index (χ4n) is 2.52. The van der Waals surface area contributed by atoms with Crippen LogP contribution in [0.15, 0.2) is 54.6 Å². The number of hydrogen-bond donors (Lipinski definition) is 3. The number of benzene rings is 2. The molecule has 0 aliphatic rings. The van der Waals surface area contributed by atoms with E-state index in [4.69, 9.17) is 4.74 Å². The molecule has 2 rings (SSSR count). The average Bonchev–Trinajstić information content (AvgIpc) is 2.69. The molecular weight excluding hydrogens is 394 g/mol. The number of rotatable bonds is 7. The predicted molar refractivity (Wildman–Crippen MR) is 121 cm³/mol. The third-order valence-corrected chi connectivity index (χ3v) is 3.98. The van der Waals surface area contributed by atoms with E-state index in [1.165, 1.54) is 6.08 Å². The van der Waals surface area contributed by atoms with E-state index in [9.17, 15) is 14.4 Å². The number of hydrogen-bond acceptors (Lipinski definition) is 4. The quantitative estimate of drug-likeness (QED) is 0.591. The molecule has 3 amide bonds. The van der Waals surface area contributed by atoms with E-state index in [1.807, 2.05) is 37.3 Å². The summed E-state index contributed by atoms with van der Waals surface area (Å²) in [5.74, 6) is -0.593. The smallest absolute Gasteiger partial charge is 0.408 e. The highest BCUT2D eigenvalue weighted by Crippen LogP contribution is 2.11. The predicted octanol–water partition coefficient (Wildman–Crippen LogP) is 3.79. The fourth-order valence-corrected chi connectivity index (χ4v) is 2.52. The second-order valence-corrected chi connectivity index (χ2v) is 8.07. The molecule has 0 saturated carbocycles. The summed E-state index contributed by atoms with van der Waals surface area (Å²) in [5, 5.41) is 7.92. The summed E-state index contributed by atoms with van der Waals surface area (Å²) in [4.78, 5) is 35.7. The number of carbonyl (C=O) groups excluding carboxylic acids is 3. The lowest BCUT2D eigenvalue weighted by molar-refractivity contribution is -0.120. The van der Waals surface area contributed by atoms with Crippen LogP contribution in [0.25, 0.3) is 6.08 Å². The van der Waals surface area contributed by atoms with Gasteiger partial charge in [-0.2, -0.15) is 0 Å². The molecule has 0 unspecified atom stereocenters. The normalized spacial score (nSPS) is 11.1. The molecule has 0 bridgehead atoms. The first-order valence-electron chi connectivity index (χ1n) is 9.99. The standard InChI is InChI=1S/C24H29N3O4/c1-17-8-10-18(11-9-17)12-13-21(28)27-20-7-5-6-19(14-20)15-25-22(29)16-26-23(30)31-24(2,3)4/h5-14H,15-16H2,1-4H3,(H,25,29)(H,26,30)(H,27,28)/b13-12+. The molecule has 2 aromatic carbocycles. The van der Waals surface area contributed by atoms with E-state index in [-0.39, 0.29) is 24.9 Å². The third-order valence-electron chi connectivity index (χ3n) is 3.98. The minimum absolute atomic E-state index is 0.185. The number of anilines is 1. The number of aryl methyl sites for hydroxylation is 1. The van der Waals surface area contributed by atoms with Crippen LogP contribution < -0.4 is 16.0 Å². The summed E-state index contributed by atoms with van der Waals surface area (Å²) in [7, 11) is 0. The number of ether oxygens (including phenoxy) is 1. The summed E-state index contributed by atoms with van der Waals surface area (Å²) < 4.78 is 5.08. The molecule has 0 aromatic heterocycles. The summed E-state index contributed by atoms with van der Waals surface area (Å²) in [5.41, 5.74) is 2.91. The van der Waals surface area contributed by atoms with Gasteiger partial charge in [-0.15, -0.1) is 0 Å². The van der Waals surface area contributed by atoms with Crippen molar-refractivity contribution in [2.45, 2.75) is 39.8 Å². The second kappa shape index (κ2) is 11.0. The number of carbonyl (C=O) groups is 3. The lowest BCUT2D eigenvalue weighted by atomic mass is 10.1. The molecule has 164 valence electrons. The van der Waals surface area contributed by atoms with Gasteiger partial charge in [-0.1, -0.05) is 42.0 Å². The van der Waals surface area contributed by atoms with Crippen LogP contribution >= 0.6 is 0 Å². The Morgan fingerprint density at radius 2 is 1.71 bits per heavy atom. The Bertz CT molecular complexity index is 944. The first-order chi connectivity index (χ1) is 14.6. The SMILES string of the molecule is Cc1ccc(/C=C/C(=O)Nc2cccc(CNC(=O)CNC(=O)OC(C)(C)C)c2)cc1. The van der Waals surface area contributed by atoms with Gasteiger partial charge in [-0.05, 0) is 57.0 Å². The van der Waals surface area contributed by atoms with E-state index < -0.39 is 11.7 Å². The molecule has 2 aromatic rings. The van der Waals surface area contributed by atoms with Gasteiger partial charge in [-0.25, -0.2) is 4.79 Å². The van der Waals surface area contributed by atoms with Crippen molar-refractivity contribution in [3.8, 4) is 0 Å².